The van der Waals surface area contributed by atoms with E-state index in [1.54, 1.807) is 24.3 Å². The van der Waals surface area contributed by atoms with Gasteiger partial charge in [-0.15, -0.1) is 0 Å². The molecule has 0 aliphatic rings. The number of hydrogen-bond acceptors (Lipinski definition) is 3. The molecular weight excluding hydrogens is 287 g/mol. The Morgan fingerprint density at radius 1 is 1.00 bits per heavy atom. The van der Waals surface area contributed by atoms with Crippen LogP contribution in [0.1, 0.15) is 5.56 Å². The monoisotopic (exact) mass is 294 g/mol. The summed E-state index contributed by atoms with van der Waals surface area (Å²) in [5, 5.41) is 9.84. The first-order valence-corrected chi connectivity index (χ1v) is 6.60. The summed E-state index contributed by atoms with van der Waals surface area (Å²) in [6, 6.07) is 12.8. The Balaban J connectivity index is 2.26. The number of nitrogens with two attached hydrogens (primary N) is 1. The van der Waals surface area contributed by atoms with Crippen molar-refractivity contribution in [1.82, 2.24) is 0 Å². The van der Waals surface area contributed by atoms with Crippen LogP contribution in [0.2, 0.25) is 10.0 Å². The van der Waals surface area contributed by atoms with E-state index in [1.165, 1.54) is 11.8 Å². The molecule has 0 radical (unpaired) electrons. The highest BCUT2D eigenvalue weighted by Crippen LogP contribution is 2.33. The van der Waals surface area contributed by atoms with E-state index < -0.39 is 0 Å². The highest BCUT2D eigenvalue weighted by Gasteiger charge is 2.04. The lowest BCUT2D eigenvalue weighted by atomic mass is 10.2. The fourth-order valence-corrected chi connectivity index (χ4v) is 2.65. The molecule has 2 N–H and O–H groups in total. The van der Waals surface area contributed by atoms with Crippen LogP contribution >= 0.6 is 35.0 Å². The first-order valence-electron chi connectivity index (χ1n) is 5.02. The van der Waals surface area contributed by atoms with Crippen molar-refractivity contribution in [3.8, 4) is 6.07 Å². The second-order valence-electron chi connectivity index (χ2n) is 3.54. The summed E-state index contributed by atoms with van der Waals surface area (Å²) in [7, 11) is 0. The van der Waals surface area contributed by atoms with Gasteiger partial charge in [-0.3, -0.25) is 0 Å². The molecule has 0 fully saturated rings. The van der Waals surface area contributed by atoms with E-state index in [0.29, 0.717) is 21.3 Å². The number of halogens is 2. The number of benzene rings is 2. The van der Waals surface area contributed by atoms with Crippen molar-refractivity contribution < 1.29 is 0 Å². The van der Waals surface area contributed by atoms with Gasteiger partial charge in [0.1, 0.15) is 6.07 Å². The summed E-state index contributed by atoms with van der Waals surface area (Å²) >= 11 is 13.3. The fourth-order valence-electron chi connectivity index (χ4n) is 1.38. The Morgan fingerprint density at radius 3 is 2.28 bits per heavy atom. The third kappa shape index (κ3) is 2.91. The molecular formula is C13H8Cl2N2S. The van der Waals surface area contributed by atoms with Gasteiger partial charge in [-0.05, 0) is 36.4 Å². The van der Waals surface area contributed by atoms with Gasteiger partial charge in [0.05, 0.1) is 21.3 Å². The van der Waals surface area contributed by atoms with E-state index in [1.807, 2.05) is 18.2 Å². The van der Waals surface area contributed by atoms with Gasteiger partial charge < -0.3 is 5.73 Å². The quantitative estimate of drug-likeness (QED) is 0.824. The van der Waals surface area contributed by atoms with Gasteiger partial charge >= 0.3 is 0 Å². The van der Waals surface area contributed by atoms with Gasteiger partial charge in [0.15, 0.2) is 0 Å². The van der Waals surface area contributed by atoms with Gasteiger partial charge in [0, 0.05) is 9.79 Å². The van der Waals surface area contributed by atoms with Crippen LogP contribution < -0.4 is 5.73 Å². The SMILES string of the molecule is N#Cc1ccc(Sc2ccc(Cl)c(Cl)c2)cc1N. The van der Waals surface area contributed by atoms with Crippen LogP contribution in [0.15, 0.2) is 46.2 Å². The summed E-state index contributed by atoms with van der Waals surface area (Å²) in [6.07, 6.45) is 0. The molecule has 2 aromatic rings. The van der Waals surface area contributed by atoms with Gasteiger partial charge in [-0.1, -0.05) is 35.0 Å². The Hall–Kier alpha value is -1.34. The van der Waals surface area contributed by atoms with Crippen molar-refractivity contribution in [3.05, 3.63) is 52.0 Å². The number of hydrogen-bond donors (Lipinski definition) is 1. The lowest BCUT2D eigenvalue weighted by molar-refractivity contribution is 1.39. The Morgan fingerprint density at radius 2 is 1.67 bits per heavy atom. The van der Waals surface area contributed by atoms with Gasteiger partial charge in [-0.25, -0.2) is 0 Å². The second kappa shape index (κ2) is 5.53. The van der Waals surface area contributed by atoms with E-state index in [4.69, 9.17) is 34.2 Å². The van der Waals surface area contributed by atoms with Crippen LogP contribution in [0.3, 0.4) is 0 Å². The van der Waals surface area contributed by atoms with Crippen LogP contribution in [0.25, 0.3) is 0 Å². The number of nitrogen functional groups attached to an aromatic ring is 1. The standard InChI is InChI=1S/C13H8Cl2N2S/c14-11-4-3-9(5-12(11)15)18-10-2-1-8(7-16)13(17)6-10/h1-6H,17H2. The molecule has 0 saturated heterocycles. The first kappa shape index (κ1) is 13.1. The molecule has 0 saturated carbocycles. The highest BCUT2D eigenvalue weighted by atomic mass is 35.5. The Bertz CT molecular complexity index is 635. The Kier molecular flexibility index (Phi) is 4.03. The lowest BCUT2D eigenvalue weighted by Crippen LogP contribution is -1.89. The molecule has 0 aliphatic carbocycles. The van der Waals surface area contributed by atoms with Crippen molar-refractivity contribution in [3.63, 3.8) is 0 Å². The van der Waals surface area contributed by atoms with E-state index in [2.05, 4.69) is 0 Å². The fraction of sp³-hybridized carbons (Fsp3) is 0. The minimum atomic E-state index is 0.475. The van der Waals surface area contributed by atoms with Crippen molar-refractivity contribution in [2.75, 3.05) is 5.73 Å². The molecule has 18 heavy (non-hydrogen) atoms. The molecule has 0 atom stereocenters. The van der Waals surface area contributed by atoms with Crippen LogP contribution in [-0.2, 0) is 0 Å². The Labute approximate surface area is 119 Å². The summed E-state index contributed by atoms with van der Waals surface area (Å²) in [6.45, 7) is 0. The van der Waals surface area contributed by atoms with Gasteiger partial charge in [-0.2, -0.15) is 5.26 Å². The average Bonchev–Trinajstić information content (AvgIpc) is 2.34. The minimum Gasteiger partial charge on any atom is -0.398 e. The van der Waals surface area contributed by atoms with Crippen LogP contribution in [0, 0.1) is 11.3 Å². The zero-order valence-electron chi connectivity index (χ0n) is 9.15. The maximum atomic E-state index is 8.80. The molecule has 0 amide bonds. The molecule has 90 valence electrons. The minimum absolute atomic E-state index is 0.475. The van der Waals surface area contributed by atoms with Crippen molar-refractivity contribution >= 4 is 40.7 Å². The molecule has 5 heteroatoms. The molecule has 0 bridgehead atoms. The predicted octanol–water partition coefficient (Wildman–Crippen LogP) is 4.60. The van der Waals surface area contributed by atoms with E-state index >= 15 is 0 Å². The normalized spacial score (nSPS) is 10.1. The summed E-state index contributed by atoms with van der Waals surface area (Å²) in [4.78, 5) is 1.92. The third-order valence-electron chi connectivity index (χ3n) is 2.27. The maximum absolute atomic E-state index is 8.80. The molecule has 0 spiro atoms. The van der Waals surface area contributed by atoms with Crippen LogP contribution in [0.4, 0.5) is 5.69 Å². The van der Waals surface area contributed by atoms with E-state index in [0.717, 1.165) is 9.79 Å². The van der Waals surface area contributed by atoms with Crippen molar-refractivity contribution in [2.24, 2.45) is 0 Å². The molecule has 0 unspecified atom stereocenters. The van der Waals surface area contributed by atoms with Gasteiger partial charge in [0.25, 0.3) is 0 Å². The van der Waals surface area contributed by atoms with E-state index in [9.17, 15) is 0 Å². The van der Waals surface area contributed by atoms with Crippen molar-refractivity contribution in [2.45, 2.75) is 9.79 Å². The third-order valence-corrected chi connectivity index (χ3v) is 3.99. The first-order chi connectivity index (χ1) is 8.60. The van der Waals surface area contributed by atoms with Gasteiger partial charge in [0.2, 0.25) is 0 Å². The largest absolute Gasteiger partial charge is 0.398 e. The van der Waals surface area contributed by atoms with Crippen LogP contribution in [0.5, 0.6) is 0 Å². The number of anilines is 1. The lowest BCUT2D eigenvalue weighted by Gasteiger charge is -2.05. The zero-order chi connectivity index (χ0) is 13.1. The molecule has 0 aromatic heterocycles. The summed E-state index contributed by atoms with van der Waals surface area (Å²) in [5.41, 5.74) is 6.71. The number of nitrogens with zero attached hydrogens (tertiary/aromatic N) is 1. The molecule has 0 aliphatic heterocycles. The average molecular weight is 295 g/mol. The highest BCUT2D eigenvalue weighted by molar-refractivity contribution is 7.99. The summed E-state index contributed by atoms with van der Waals surface area (Å²) < 4.78 is 0. The zero-order valence-corrected chi connectivity index (χ0v) is 11.5. The second-order valence-corrected chi connectivity index (χ2v) is 5.50. The predicted molar refractivity (Wildman–Crippen MR) is 76.2 cm³/mol. The smallest absolute Gasteiger partial charge is 0.101 e. The molecule has 2 aromatic carbocycles. The maximum Gasteiger partial charge on any atom is 0.101 e. The molecule has 2 nitrogen and oxygen atoms in total. The number of rotatable bonds is 2. The molecule has 0 heterocycles. The van der Waals surface area contributed by atoms with Crippen molar-refractivity contribution in [1.29, 1.82) is 5.26 Å². The topological polar surface area (TPSA) is 49.8 Å². The molecule has 2 rings (SSSR count). The number of nitriles is 1. The van der Waals surface area contributed by atoms with Crippen LogP contribution in [-0.4, -0.2) is 0 Å². The summed E-state index contributed by atoms with van der Waals surface area (Å²) in [5.74, 6) is 0. The van der Waals surface area contributed by atoms with E-state index in [-0.39, 0.29) is 0 Å².